The first-order valence-electron chi connectivity index (χ1n) is 8.05. The van der Waals surface area contributed by atoms with Crippen LogP contribution in [0.5, 0.6) is 0 Å². The highest BCUT2D eigenvalue weighted by molar-refractivity contribution is 6.03. The molecular formula is C18H22N4O2. The van der Waals surface area contributed by atoms with Crippen molar-refractivity contribution >= 4 is 23.3 Å². The number of aromatic nitrogens is 2. The molecule has 1 aromatic heterocycles. The lowest BCUT2D eigenvalue weighted by Crippen LogP contribution is -2.29. The molecule has 0 aliphatic carbocycles. The van der Waals surface area contributed by atoms with Crippen molar-refractivity contribution in [1.29, 1.82) is 0 Å². The summed E-state index contributed by atoms with van der Waals surface area (Å²) in [6.07, 6.45) is 0.232. The molecule has 0 spiro atoms. The fraction of sp³-hybridized carbons (Fsp3) is 0.389. The molecule has 1 atom stereocenters. The van der Waals surface area contributed by atoms with Crippen molar-refractivity contribution in [1.82, 2.24) is 9.78 Å². The maximum absolute atomic E-state index is 12.5. The summed E-state index contributed by atoms with van der Waals surface area (Å²) >= 11 is 0. The number of benzene rings is 1. The Hall–Kier alpha value is -2.63. The van der Waals surface area contributed by atoms with Gasteiger partial charge in [-0.1, -0.05) is 12.1 Å². The van der Waals surface area contributed by atoms with Crippen LogP contribution < -0.4 is 10.2 Å². The summed E-state index contributed by atoms with van der Waals surface area (Å²) in [5.74, 6) is 0.145. The second-order valence-electron chi connectivity index (χ2n) is 6.41. The number of aryl methyl sites for hydroxylation is 3. The molecule has 1 saturated heterocycles. The van der Waals surface area contributed by atoms with Gasteiger partial charge in [0.2, 0.25) is 11.8 Å². The van der Waals surface area contributed by atoms with Crippen LogP contribution in [0, 0.1) is 26.7 Å². The summed E-state index contributed by atoms with van der Waals surface area (Å²) in [5, 5.41) is 7.09. The van der Waals surface area contributed by atoms with Gasteiger partial charge in [0.15, 0.2) is 0 Å². The molecule has 6 heteroatoms. The molecule has 0 bridgehead atoms. The highest BCUT2D eigenvalue weighted by Crippen LogP contribution is 2.29. The number of rotatable bonds is 3. The van der Waals surface area contributed by atoms with E-state index in [1.54, 1.807) is 16.6 Å². The second-order valence-corrected chi connectivity index (χ2v) is 6.41. The SMILES string of the molecule is Cc1cc(NC(=O)[C@H]2CC(=O)N(c3cccc(C)c3C)C2)n(C)n1. The predicted molar refractivity (Wildman–Crippen MR) is 93.0 cm³/mol. The lowest BCUT2D eigenvalue weighted by atomic mass is 10.1. The van der Waals surface area contributed by atoms with Crippen molar-refractivity contribution < 1.29 is 9.59 Å². The van der Waals surface area contributed by atoms with Gasteiger partial charge < -0.3 is 10.2 Å². The smallest absolute Gasteiger partial charge is 0.230 e. The normalized spacial score (nSPS) is 17.4. The van der Waals surface area contributed by atoms with E-state index in [9.17, 15) is 9.59 Å². The zero-order chi connectivity index (χ0) is 17.4. The largest absolute Gasteiger partial charge is 0.311 e. The van der Waals surface area contributed by atoms with E-state index < -0.39 is 0 Å². The minimum atomic E-state index is -0.354. The Kier molecular flexibility index (Phi) is 4.13. The highest BCUT2D eigenvalue weighted by atomic mass is 16.2. The minimum Gasteiger partial charge on any atom is -0.311 e. The van der Waals surface area contributed by atoms with E-state index >= 15 is 0 Å². The second kappa shape index (κ2) is 6.11. The Labute approximate surface area is 141 Å². The number of hydrogen-bond acceptors (Lipinski definition) is 3. The van der Waals surface area contributed by atoms with Crippen molar-refractivity contribution in [2.75, 3.05) is 16.8 Å². The fourth-order valence-electron chi connectivity index (χ4n) is 3.10. The number of carbonyl (C=O) groups is 2. The number of anilines is 2. The third-order valence-electron chi connectivity index (χ3n) is 4.62. The third kappa shape index (κ3) is 2.91. The average Bonchev–Trinajstić information content (AvgIpc) is 3.05. The van der Waals surface area contributed by atoms with Gasteiger partial charge in [-0.05, 0) is 38.0 Å². The molecule has 0 radical (unpaired) electrons. The molecule has 6 nitrogen and oxygen atoms in total. The average molecular weight is 326 g/mol. The summed E-state index contributed by atoms with van der Waals surface area (Å²) in [4.78, 5) is 26.6. The lowest BCUT2D eigenvalue weighted by Gasteiger charge is -2.20. The van der Waals surface area contributed by atoms with E-state index in [0.29, 0.717) is 12.4 Å². The van der Waals surface area contributed by atoms with Crippen LogP contribution >= 0.6 is 0 Å². The lowest BCUT2D eigenvalue weighted by molar-refractivity contribution is -0.122. The van der Waals surface area contributed by atoms with Gasteiger partial charge in [0.05, 0.1) is 11.6 Å². The monoisotopic (exact) mass is 326 g/mol. The first-order valence-corrected chi connectivity index (χ1v) is 8.05. The molecule has 2 heterocycles. The number of hydrogen-bond donors (Lipinski definition) is 1. The first-order chi connectivity index (χ1) is 11.4. The van der Waals surface area contributed by atoms with Gasteiger partial charge in [0.25, 0.3) is 0 Å². The Morgan fingerprint density at radius 3 is 2.71 bits per heavy atom. The summed E-state index contributed by atoms with van der Waals surface area (Å²) in [6.45, 7) is 6.31. The Morgan fingerprint density at radius 1 is 1.29 bits per heavy atom. The van der Waals surface area contributed by atoms with E-state index in [0.717, 1.165) is 22.5 Å². The van der Waals surface area contributed by atoms with Crippen LogP contribution in [-0.2, 0) is 16.6 Å². The van der Waals surface area contributed by atoms with Crippen LogP contribution in [0.1, 0.15) is 23.2 Å². The van der Waals surface area contributed by atoms with Crippen molar-refractivity contribution in [3.05, 3.63) is 41.1 Å². The van der Waals surface area contributed by atoms with E-state index in [2.05, 4.69) is 10.4 Å². The van der Waals surface area contributed by atoms with Gasteiger partial charge in [-0.2, -0.15) is 5.10 Å². The molecule has 1 fully saturated rings. The third-order valence-corrected chi connectivity index (χ3v) is 4.62. The molecule has 3 rings (SSSR count). The van der Waals surface area contributed by atoms with E-state index in [4.69, 9.17) is 0 Å². The molecule has 1 N–H and O–H groups in total. The molecule has 126 valence electrons. The van der Waals surface area contributed by atoms with Crippen molar-refractivity contribution in [3.63, 3.8) is 0 Å². The maximum atomic E-state index is 12.5. The van der Waals surface area contributed by atoms with Gasteiger partial charge in [-0.25, -0.2) is 0 Å². The zero-order valence-corrected chi connectivity index (χ0v) is 14.5. The zero-order valence-electron chi connectivity index (χ0n) is 14.5. The minimum absolute atomic E-state index is 0.00923. The fourth-order valence-corrected chi connectivity index (χ4v) is 3.10. The Balaban J connectivity index is 1.76. The van der Waals surface area contributed by atoms with E-state index in [1.165, 1.54) is 0 Å². The molecule has 0 saturated carbocycles. The van der Waals surface area contributed by atoms with Crippen LogP contribution in [0.2, 0.25) is 0 Å². The number of carbonyl (C=O) groups excluding carboxylic acids is 2. The topological polar surface area (TPSA) is 67.2 Å². The van der Waals surface area contributed by atoms with Crippen LogP contribution in [0.3, 0.4) is 0 Å². The van der Waals surface area contributed by atoms with Crippen molar-refractivity contribution in [2.45, 2.75) is 27.2 Å². The quantitative estimate of drug-likeness (QED) is 0.941. The molecule has 1 aliphatic rings. The summed E-state index contributed by atoms with van der Waals surface area (Å²) in [6, 6.07) is 7.72. The van der Waals surface area contributed by atoms with Gasteiger partial charge in [-0.3, -0.25) is 14.3 Å². The van der Waals surface area contributed by atoms with Gasteiger partial charge in [-0.15, -0.1) is 0 Å². The molecule has 2 amide bonds. The Morgan fingerprint density at radius 2 is 2.04 bits per heavy atom. The maximum Gasteiger partial charge on any atom is 0.230 e. The van der Waals surface area contributed by atoms with Gasteiger partial charge >= 0.3 is 0 Å². The summed E-state index contributed by atoms with van der Waals surface area (Å²) in [7, 11) is 1.78. The molecule has 1 aromatic carbocycles. The standard InChI is InChI=1S/C18H22N4O2/c1-11-6-5-7-15(13(11)3)22-10-14(9-17(22)23)18(24)19-16-8-12(2)20-21(16)4/h5-8,14H,9-10H2,1-4H3,(H,19,24)/t14-/m0/s1. The van der Waals surface area contributed by atoms with Crippen LogP contribution in [0.4, 0.5) is 11.5 Å². The predicted octanol–water partition coefficient (Wildman–Crippen LogP) is 2.34. The summed E-state index contributed by atoms with van der Waals surface area (Å²) < 4.78 is 1.63. The molecule has 1 aliphatic heterocycles. The number of amides is 2. The number of nitrogens with zero attached hydrogens (tertiary/aromatic N) is 3. The molecule has 0 unspecified atom stereocenters. The molecule has 2 aromatic rings. The molecular weight excluding hydrogens is 304 g/mol. The first kappa shape index (κ1) is 16.2. The van der Waals surface area contributed by atoms with E-state index in [-0.39, 0.29) is 24.2 Å². The highest BCUT2D eigenvalue weighted by Gasteiger charge is 2.36. The van der Waals surface area contributed by atoms with E-state index in [1.807, 2.05) is 45.0 Å². The number of nitrogens with one attached hydrogen (secondary N) is 1. The van der Waals surface area contributed by atoms with Crippen LogP contribution in [0.15, 0.2) is 24.3 Å². The van der Waals surface area contributed by atoms with Crippen LogP contribution in [-0.4, -0.2) is 28.1 Å². The summed E-state index contributed by atoms with van der Waals surface area (Å²) in [5.41, 5.74) is 3.95. The molecule has 24 heavy (non-hydrogen) atoms. The van der Waals surface area contributed by atoms with Crippen LogP contribution in [0.25, 0.3) is 0 Å². The van der Waals surface area contributed by atoms with Gasteiger partial charge in [0.1, 0.15) is 5.82 Å². The van der Waals surface area contributed by atoms with Crippen molar-refractivity contribution in [3.8, 4) is 0 Å². The Bertz CT molecular complexity index is 809. The van der Waals surface area contributed by atoms with Crippen molar-refractivity contribution in [2.24, 2.45) is 13.0 Å². The van der Waals surface area contributed by atoms with Gasteiger partial charge in [0, 0.05) is 31.8 Å².